The molecule has 0 spiro atoms. The van der Waals surface area contributed by atoms with Gasteiger partial charge in [0.1, 0.15) is 0 Å². The van der Waals surface area contributed by atoms with E-state index in [1.807, 2.05) is 46.3 Å². The van der Waals surface area contributed by atoms with E-state index in [2.05, 4.69) is 15.2 Å². The molecule has 2 aliphatic heterocycles. The number of benzene rings is 2. The number of amides is 1. The molecular weight excluding hydrogens is 769 g/mol. The number of hydrogen-bond acceptors (Lipinski definition) is 9. The highest BCUT2D eigenvalue weighted by Crippen LogP contribution is 2.63. The molecule has 2 aliphatic carbocycles. The number of carboxylic acids is 1. The number of Topliss-reactive ketones (excluding diaryl/α,β-unsaturated/α-hetero) is 1. The average molecular weight is 819 g/mol. The number of aliphatic hydroxyl groups excluding tert-OH is 2. The normalized spacial score (nSPS) is 21.9. The third-order valence-corrected chi connectivity index (χ3v) is 14.2. The van der Waals surface area contributed by atoms with Gasteiger partial charge in [-0.25, -0.2) is 9.97 Å². The van der Waals surface area contributed by atoms with Gasteiger partial charge in [-0.3, -0.25) is 24.2 Å². The lowest BCUT2D eigenvalue weighted by Crippen LogP contribution is -2.43. The molecule has 1 amide bonds. The molecule has 2 saturated carbocycles. The number of carboxylic acid groups (broad SMARTS) is 1. The van der Waals surface area contributed by atoms with Crippen LogP contribution < -0.4 is 5.32 Å². The maximum Gasteiger partial charge on any atom is 0.309 e. The SMILES string of the molecule is Cn1c(C(=O)Cc2cccc(-c3cccc(NC(=O)c4nc5c(n4C)CCN(CCC46CCC(C(=O)O)(CC4)C6)C5)c3Cl)c2Cl)nc2c1CCN(C(CO)CO)C2. The number of fused-ring (bicyclic) bond motifs is 4. The Morgan fingerprint density at radius 1 is 0.842 bits per heavy atom. The molecule has 0 saturated heterocycles. The number of aromatic nitrogens is 4. The van der Waals surface area contributed by atoms with Crippen LogP contribution in [0.3, 0.4) is 0 Å². The molecule has 2 bridgehead atoms. The monoisotopic (exact) mass is 817 g/mol. The van der Waals surface area contributed by atoms with Crippen LogP contribution >= 0.6 is 23.2 Å². The minimum absolute atomic E-state index is 0.0115. The lowest BCUT2D eigenvalue weighted by molar-refractivity contribution is -0.148. The Morgan fingerprint density at radius 3 is 2.16 bits per heavy atom. The number of anilines is 1. The minimum Gasteiger partial charge on any atom is -0.481 e. The summed E-state index contributed by atoms with van der Waals surface area (Å²) in [5.41, 5.74) is 5.48. The van der Waals surface area contributed by atoms with Crippen LogP contribution in [-0.2, 0) is 51.2 Å². The quantitative estimate of drug-likeness (QED) is 0.130. The summed E-state index contributed by atoms with van der Waals surface area (Å²) in [6.07, 6.45) is 6.74. The highest BCUT2D eigenvalue weighted by molar-refractivity contribution is 6.39. The molecule has 0 radical (unpaired) electrons. The number of nitrogens with zero attached hydrogens (tertiary/aromatic N) is 6. The van der Waals surface area contributed by atoms with Crippen molar-refractivity contribution in [2.75, 3.05) is 38.2 Å². The molecule has 57 heavy (non-hydrogen) atoms. The highest BCUT2D eigenvalue weighted by Gasteiger charge is 2.57. The second kappa shape index (κ2) is 15.6. The third-order valence-electron chi connectivity index (χ3n) is 13.4. The summed E-state index contributed by atoms with van der Waals surface area (Å²) in [5, 5.41) is 32.8. The van der Waals surface area contributed by atoms with Gasteiger partial charge in [-0.2, -0.15) is 0 Å². The zero-order valence-corrected chi connectivity index (χ0v) is 33.9. The molecule has 4 heterocycles. The third kappa shape index (κ3) is 7.20. The molecule has 4 aromatic rings. The van der Waals surface area contributed by atoms with Crippen molar-refractivity contribution in [3.05, 3.63) is 86.4 Å². The molecule has 2 aromatic heterocycles. The Labute approximate surface area is 341 Å². The van der Waals surface area contributed by atoms with Crippen LogP contribution in [0.25, 0.3) is 11.1 Å². The molecule has 13 nitrogen and oxygen atoms in total. The Morgan fingerprint density at radius 2 is 1.47 bits per heavy atom. The number of carbonyl (C=O) groups excluding carboxylic acids is 2. The molecule has 302 valence electrons. The van der Waals surface area contributed by atoms with Gasteiger partial charge >= 0.3 is 5.97 Å². The van der Waals surface area contributed by atoms with Gasteiger partial charge in [0.25, 0.3) is 5.91 Å². The summed E-state index contributed by atoms with van der Waals surface area (Å²) in [7, 11) is 3.69. The molecule has 15 heteroatoms. The van der Waals surface area contributed by atoms with Crippen LogP contribution in [0.2, 0.25) is 10.0 Å². The van der Waals surface area contributed by atoms with Crippen molar-refractivity contribution in [3.63, 3.8) is 0 Å². The van der Waals surface area contributed by atoms with Crippen LogP contribution in [0.15, 0.2) is 36.4 Å². The lowest BCUT2D eigenvalue weighted by atomic mass is 9.80. The fourth-order valence-electron chi connectivity index (χ4n) is 9.92. The van der Waals surface area contributed by atoms with Crippen LogP contribution in [-0.4, -0.2) is 101 Å². The zero-order chi connectivity index (χ0) is 40.2. The summed E-state index contributed by atoms with van der Waals surface area (Å²) in [4.78, 5) is 53.2. The molecule has 4 aliphatic rings. The number of carbonyl (C=O) groups is 3. The van der Waals surface area contributed by atoms with E-state index in [4.69, 9.17) is 28.2 Å². The lowest BCUT2D eigenvalue weighted by Gasteiger charge is -2.32. The van der Waals surface area contributed by atoms with Gasteiger partial charge in [-0.15, -0.1) is 0 Å². The van der Waals surface area contributed by atoms with Crippen molar-refractivity contribution in [1.82, 2.24) is 28.9 Å². The summed E-state index contributed by atoms with van der Waals surface area (Å²) in [6, 6.07) is 10.4. The second-order valence-electron chi connectivity index (χ2n) is 16.6. The number of halogens is 2. The number of hydrogen-bond donors (Lipinski definition) is 4. The van der Waals surface area contributed by atoms with Crippen molar-refractivity contribution in [1.29, 1.82) is 0 Å². The first-order valence-electron chi connectivity index (χ1n) is 19.8. The van der Waals surface area contributed by atoms with Gasteiger partial charge in [0.2, 0.25) is 5.78 Å². The van der Waals surface area contributed by atoms with Gasteiger partial charge in [-0.1, -0.05) is 53.5 Å². The van der Waals surface area contributed by atoms with E-state index in [0.29, 0.717) is 70.1 Å². The predicted molar refractivity (Wildman–Crippen MR) is 216 cm³/mol. The molecule has 2 fully saturated rings. The van der Waals surface area contributed by atoms with Gasteiger partial charge in [0.15, 0.2) is 11.6 Å². The number of ketones is 1. The Balaban J connectivity index is 0.939. The average Bonchev–Trinajstić information content (AvgIpc) is 3.96. The molecule has 8 rings (SSSR count). The first-order chi connectivity index (χ1) is 27.4. The van der Waals surface area contributed by atoms with Crippen LogP contribution in [0.5, 0.6) is 0 Å². The van der Waals surface area contributed by atoms with Crippen molar-refractivity contribution >= 4 is 46.5 Å². The van der Waals surface area contributed by atoms with E-state index in [1.54, 1.807) is 18.2 Å². The smallest absolute Gasteiger partial charge is 0.309 e. The van der Waals surface area contributed by atoms with E-state index >= 15 is 0 Å². The second-order valence-corrected chi connectivity index (χ2v) is 17.3. The molecular formula is C42H49Cl2N7O6. The van der Waals surface area contributed by atoms with E-state index in [1.165, 1.54) is 0 Å². The summed E-state index contributed by atoms with van der Waals surface area (Å²) in [6.45, 7) is 3.13. The first kappa shape index (κ1) is 39.7. The van der Waals surface area contributed by atoms with E-state index < -0.39 is 11.4 Å². The van der Waals surface area contributed by atoms with Crippen molar-refractivity contribution in [2.45, 2.75) is 76.9 Å². The number of imidazole rings is 2. The van der Waals surface area contributed by atoms with E-state index in [0.717, 1.165) is 80.8 Å². The summed E-state index contributed by atoms with van der Waals surface area (Å²) < 4.78 is 3.69. The van der Waals surface area contributed by atoms with Crippen molar-refractivity contribution in [3.8, 4) is 11.1 Å². The minimum atomic E-state index is -0.633. The first-order valence-corrected chi connectivity index (χ1v) is 20.5. The maximum atomic E-state index is 13.8. The number of aliphatic carboxylic acids is 1. The predicted octanol–water partition coefficient (Wildman–Crippen LogP) is 5.30. The topological polar surface area (TPSA) is 166 Å². The maximum absolute atomic E-state index is 13.8. The van der Waals surface area contributed by atoms with Crippen LogP contribution in [0.1, 0.15) is 88.1 Å². The van der Waals surface area contributed by atoms with Crippen molar-refractivity contribution < 1.29 is 29.7 Å². The standard InChI is InChI=1S/C42H49Cl2N7O6/c1-48-33-10-17-51(26(22-52)23-53)21-31(33)45-37(48)34(54)19-25-5-3-6-27(35(25)43)28-7-4-8-29(36(28)44)47-39(55)38-46-30-20-50(16-9-32(30)49(38)2)18-15-41-11-13-42(24-41,14-12-41)40(56)57/h3-8,26,52-53H,9-24H2,1-2H3,(H,47,55)(H,56,57). The number of rotatable bonds is 13. The van der Waals surface area contributed by atoms with E-state index in [-0.39, 0.29) is 42.8 Å². The van der Waals surface area contributed by atoms with Gasteiger partial charge in [0, 0.05) is 82.1 Å². The van der Waals surface area contributed by atoms with Crippen LogP contribution in [0, 0.1) is 10.8 Å². The molecule has 0 unspecified atom stereocenters. The van der Waals surface area contributed by atoms with Crippen LogP contribution in [0.4, 0.5) is 5.69 Å². The summed E-state index contributed by atoms with van der Waals surface area (Å²) in [5.74, 6) is -0.589. The largest absolute Gasteiger partial charge is 0.481 e. The Bertz CT molecular complexity index is 2240. The Hall–Kier alpha value is -4.11. The van der Waals surface area contributed by atoms with Crippen molar-refractivity contribution in [2.24, 2.45) is 24.9 Å². The highest BCUT2D eigenvalue weighted by atomic mass is 35.5. The molecule has 0 atom stereocenters. The van der Waals surface area contributed by atoms with Gasteiger partial charge in [-0.05, 0) is 62.1 Å². The van der Waals surface area contributed by atoms with Gasteiger partial charge in [0.05, 0.1) is 51.8 Å². The molecule has 2 aromatic carbocycles. The fraction of sp³-hybridized carbons (Fsp3) is 0.500. The van der Waals surface area contributed by atoms with E-state index in [9.17, 15) is 29.7 Å². The molecule has 4 N–H and O–H groups in total. The van der Waals surface area contributed by atoms with Gasteiger partial charge < -0.3 is 29.8 Å². The fourth-order valence-corrected chi connectivity index (χ4v) is 10.5. The Kier molecular flexibility index (Phi) is 10.8. The summed E-state index contributed by atoms with van der Waals surface area (Å²) >= 11 is 14.0. The zero-order valence-electron chi connectivity index (χ0n) is 32.4. The number of nitrogens with one attached hydrogen (secondary N) is 1. The number of aliphatic hydroxyl groups is 2.